The molecule has 4 rings (SSSR count). The van der Waals surface area contributed by atoms with E-state index in [1.54, 1.807) is 0 Å². The number of amides is 1. The lowest BCUT2D eigenvalue weighted by atomic mass is 9.98. The van der Waals surface area contributed by atoms with E-state index in [1.165, 1.54) is 0 Å². The number of benzene rings is 3. The largest absolute Gasteiger partial charge is 0.493 e. The fourth-order valence-electron chi connectivity index (χ4n) is 3.38. The fourth-order valence-corrected chi connectivity index (χ4v) is 3.38. The Kier molecular flexibility index (Phi) is 6.33. The van der Waals surface area contributed by atoms with Crippen LogP contribution in [0, 0.1) is 18.3 Å². The Morgan fingerprint density at radius 1 is 0.938 bits per heavy atom. The first-order valence-electron chi connectivity index (χ1n) is 10.3. The van der Waals surface area contributed by atoms with Crippen molar-refractivity contribution in [2.45, 2.75) is 13.3 Å². The third-order valence-electron chi connectivity index (χ3n) is 4.99. The van der Waals surface area contributed by atoms with Crippen LogP contribution < -0.4 is 10.1 Å². The van der Waals surface area contributed by atoms with Crippen LogP contribution in [0.15, 0.2) is 89.3 Å². The Balaban J connectivity index is 1.57. The molecule has 0 aliphatic heterocycles. The summed E-state index contributed by atoms with van der Waals surface area (Å²) in [5.41, 5.74) is 3.76. The van der Waals surface area contributed by atoms with Gasteiger partial charge >= 0.3 is 0 Å². The van der Waals surface area contributed by atoms with Crippen molar-refractivity contribution in [3.63, 3.8) is 0 Å². The fraction of sp³-hybridized carbons (Fsp3) is 0.111. The molecule has 32 heavy (non-hydrogen) atoms. The van der Waals surface area contributed by atoms with Crippen LogP contribution in [-0.2, 0) is 4.79 Å². The molecule has 0 atom stereocenters. The summed E-state index contributed by atoms with van der Waals surface area (Å²) < 4.78 is 11.7. The lowest BCUT2D eigenvalue weighted by Gasteiger charge is -2.06. The molecular weight excluding hydrogens is 400 g/mol. The highest BCUT2D eigenvalue weighted by Crippen LogP contribution is 2.41. The van der Waals surface area contributed by atoms with Crippen LogP contribution in [0.3, 0.4) is 0 Å². The van der Waals surface area contributed by atoms with Crippen LogP contribution in [0.4, 0.5) is 5.88 Å². The summed E-state index contributed by atoms with van der Waals surface area (Å²) in [6.07, 6.45) is 0.126. The van der Waals surface area contributed by atoms with E-state index in [-0.39, 0.29) is 24.8 Å². The van der Waals surface area contributed by atoms with Gasteiger partial charge in [-0.25, -0.2) is 0 Å². The number of hydrogen-bond acceptors (Lipinski definition) is 4. The number of nitrogens with zero attached hydrogens (tertiary/aromatic N) is 1. The van der Waals surface area contributed by atoms with Gasteiger partial charge in [-0.05, 0) is 24.6 Å². The van der Waals surface area contributed by atoms with E-state index < -0.39 is 0 Å². The van der Waals surface area contributed by atoms with Crippen molar-refractivity contribution in [1.82, 2.24) is 0 Å². The number of carbonyl (C=O) groups is 1. The minimum atomic E-state index is -0.290. The summed E-state index contributed by atoms with van der Waals surface area (Å²) >= 11 is 0. The SMILES string of the molecule is Cc1ccc(OCCC(=O)Nc2oc(-c3ccccc3)c(-c3ccccc3)c2C#N)cc1. The van der Waals surface area contributed by atoms with Gasteiger partial charge in [0.25, 0.3) is 0 Å². The van der Waals surface area contributed by atoms with Crippen LogP contribution in [-0.4, -0.2) is 12.5 Å². The van der Waals surface area contributed by atoms with Crippen LogP contribution in [0.5, 0.6) is 5.75 Å². The summed E-state index contributed by atoms with van der Waals surface area (Å²) in [7, 11) is 0. The molecule has 0 saturated heterocycles. The monoisotopic (exact) mass is 422 g/mol. The summed E-state index contributed by atoms with van der Waals surface area (Å²) in [5, 5.41) is 12.6. The van der Waals surface area contributed by atoms with Crippen molar-refractivity contribution >= 4 is 11.8 Å². The highest BCUT2D eigenvalue weighted by molar-refractivity contribution is 5.95. The van der Waals surface area contributed by atoms with Crippen molar-refractivity contribution in [3.05, 3.63) is 96.1 Å². The van der Waals surface area contributed by atoms with E-state index >= 15 is 0 Å². The highest BCUT2D eigenvalue weighted by atomic mass is 16.5. The van der Waals surface area contributed by atoms with Gasteiger partial charge in [0.05, 0.1) is 13.0 Å². The zero-order chi connectivity index (χ0) is 22.3. The van der Waals surface area contributed by atoms with Gasteiger partial charge < -0.3 is 9.15 Å². The zero-order valence-corrected chi connectivity index (χ0v) is 17.7. The molecule has 0 saturated carbocycles. The van der Waals surface area contributed by atoms with Crippen molar-refractivity contribution < 1.29 is 13.9 Å². The number of hydrogen-bond donors (Lipinski definition) is 1. The quantitative estimate of drug-likeness (QED) is 0.385. The normalized spacial score (nSPS) is 10.4. The molecule has 1 heterocycles. The molecule has 0 bridgehead atoms. The smallest absolute Gasteiger partial charge is 0.230 e. The molecule has 0 unspecified atom stereocenters. The third-order valence-corrected chi connectivity index (χ3v) is 4.99. The zero-order valence-electron chi connectivity index (χ0n) is 17.7. The molecule has 0 radical (unpaired) electrons. The predicted octanol–water partition coefficient (Wildman–Crippen LogP) is 6.20. The first-order chi connectivity index (χ1) is 15.7. The minimum absolute atomic E-state index is 0.126. The van der Waals surface area contributed by atoms with E-state index in [4.69, 9.17) is 9.15 Å². The average molecular weight is 422 g/mol. The molecule has 5 heteroatoms. The lowest BCUT2D eigenvalue weighted by Crippen LogP contribution is -2.15. The van der Waals surface area contributed by atoms with E-state index in [0.717, 1.165) is 16.7 Å². The maximum Gasteiger partial charge on any atom is 0.230 e. The molecule has 0 aliphatic rings. The molecule has 0 aliphatic carbocycles. The van der Waals surface area contributed by atoms with E-state index in [1.807, 2.05) is 91.9 Å². The van der Waals surface area contributed by atoms with E-state index in [2.05, 4.69) is 11.4 Å². The Hall–Kier alpha value is -4.30. The van der Waals surface area contributed by atoms with Crippen molar-refractivity contribution in [2.75, 3.05) is 11.9 Å². The molecule has 1 aromatic heterocycles. The minimum Gasteiger partial charge on any atom is -0.493 e. The number of anilines is 1. The lowest BCUT2D eigenvalue weighted by molar-refractivity contribution is -0.116. The molecule has 0 spiro atoms. The van der Waals surface area contributed by atoms with Gasteiger partial charge in [-0.2, -0.15) is 5.26 Å². The van der Waals surface area contributed by atoms with Crippen molar-refractivity contribution in [1.29, 1.82) is 5.26 Å². The van der Waals surface area contributed by atoms with Gasteiger partial charge in [-0.1, -0.05) is 78.4 Å². The second-order valence-corrected chi connectivity index (χ2v) is 7.31. The second-order valence-electron chi connectivity index (χ2n) is 7.31. The van der Waals surface area contributed by atoms with Gasteiger partial charge in [0.2, 0.25) is 11.8 Å². The van der Waals surface area contributed by atoms with Crippen LogP contribution in [0.2, 0.25) is 0 Å². The molecule has 1 N–H and O–H groups in total. The number of ether oxygens (including phenoxy) is 1. The molecule has 158 valence electrons. The Morgan fingerprint density at radius 3 is 2.19 bits per heavy atom. The third kappa shape index (κ3) is 4.71. The van der Waals surface area contributed by atoms with E-state index in [9.17, 15) is 10.1 Å². The van der Waals surface area contributed by atoms with Gasteiger partial charge in [-0.3, -0.25) is 10.1 Å². The van der Waals surface area contributed by atoms with Gasteiger partial charge in [-0.15, -0.1) is 0 Å². The van der Waals surface area contributed by atoms with Gasteiger partial charge in [0, 0.05) is 11.1 Å². The molecule has 1 amide bonds. The highest BCUT2D eigenvalue weighted by Gasteiger charge is 2.24. The second kappa shape index (κ2) is 9.67. The number of nitriles is 1. The van der Waals surface area contributed by atoms with Gasteiger partial charge in [0.1, 0.15) is 23.1 Å². The van der Waals surface area contributed by atoms with Crippen LogP contribution in [0.25, 0.3) is 22.5 Å². The average Bonchev–Trinajstić information content (AvgIpc) is 3.19. The Bertz CT molecular complexity index is 1240. The maximum absolute atomic E-state index is 12.6. The molecule has 0 fully saturated rings. The number of rotatable bonds is 7. The molecule has 5 nitrogen and oxygen atoms in total. The first-order valence-corrected chi connectivity index (χ1v) is 10.3. The van der Waals surface area contributed by atoms with E-state index in [0.29, 0.717) is 22.6 Å². The summed E-state index contributed by atoms with van der Waals surface area (Å²) in [6, 6.07) is 28.9. The predicted molar refractivity (Wildman–Crippen MR) is 124 cm³/mol. The summed E-state index contributed by atoms with van der Waals surface area (Å²) in [5.74, 6) is 1.10. The topological polar surface area (TPSA) is 75.3 Å². The first kappa shape index (κ1) is 21.0. The molecular formula is C27H22N2O3. The number of furan rings is 1. The number of aryl methyl sites for hydroxylation is 1. The Labute approximate surface area is 186 Å². The van der Waals surface area contributed by atoms with Crippen molar-refractivity contribution in [3.8, 4) is 34.3 Å². The summed E-state index contributed by atoms with van der Waals surface area (Å²) in [6.45, 7) is 2.22. The molecule has 4 aromatic rings. The van der Waals surface area contributed by atoms with Crippen molar-refractivity contribution in [2.24, 2.45) is 0 Å². The van der Waals surface area contributed by atoms with Crippen LogP contribution >= 0.6 is 0 Å². The number of nitrogens with one attached hydrogen (secondary N) is 1. The Morgan fingerprint density at radius 2 is 1.56 bits per heavy atom. The maximum atomic E-state index is 12.6. The van der Waals surface area contributed by atoms with Crippen LogP contribution in [0.1, 0.15) is 17.5 Å². The standard InChI is InChI=1S/C27H22N2O3/c1-19-12-14-22(15-13-19)31-17-16-24(30)29-27-23(18-28)25(20-8-4-2-5-9-20)26(32-27)21-10-6-3-7-11-21/h2-15H,16-17H2,1H3,(H,29,30). The number of carbonyl (C=O) groups excluding carboxylic acids is 1. The summed E-state index contributed by atoms with van der Waals surface area (Å²) in [4.78, 5) is 12.6. The molecule has 3 aromatic carbocycles. The van der Waals surface area contributed by atoms with Gasteiger partial charge in [0.15, 0.2) is 0 Å².